The van der Waals surface area contributed by atoms with E-state index in [-0.39, 0.29) is 11.7 Å². The molecule has 1 aliphatic rings. The molecule has 4 heteroatoms. The van der Waals surface area contributed by atoms with Crippen molar-refractivity contribution in [2.75, 3.05) is 13.1 Å². The van der Waals surface area contributed by atoms with E-state index in [1.165, 1.54) is 0 Å². The Labute approximate surface area is 136 Å². The molecule has 4 nitrogen and oxygen atoms in total. The molecule has 2 aromatic rings. The molecule has 23 heavy (non-hydrogen) atoms. The van der Waals surface area contributed by atoms with Crippen molar-refractivity contribution < 1.29 is 9.59 Å². The first-order chi connectivity index (χ1) is 11.0. The number of ketones is 1. The molecular formula is C19H22N2O2. The van der Waals surface area contributed by atoms with Crippen LogP contribution in [0.2, 0.25) is 0 Å². The Bertz CT molecular complexity index is 750. The highest BCUT2D eigenvalue weighted by molar-refractivity contribution is 5.96. The van der Waals surface area contributed by atoms with Crippen LogP contribution in [0.15, 0.2) is 30.3 Å². The van der Waals surface area contributed by atoms with E-state index in [1.54, 1.807) is 6.92 Å². The number of Topliss-reactive ketones (excluding diaryl/α,β-unsaturated/α-hetero) is 1. The van der Waals surface area contributed by atoms with Crippen molar-refractivity contribution in [1.29, 1.82) is 0 Å². The number of benzene rings is 1. The van der Waals surface area contributed by atoms with Crippen LogP contribution in [0.1, 0.15) is 51.9 Å². The SMILES string of the molecule is CC(=O)c1cc(C)n(-c2ccc(C(=O)N3CCCC3)cc2)c1C. The molecule has 120 valence electrons. The normalized spacial score (nSPS) is 14.3. The molecule has 1 aromatic carbocycles. The minimum Gasteiger partial charge on any atom is -0.339 e. The van der Waals surface area contributed by atoms with Gasteiger partial charge in [-0.15, -0.1) is 0 Å². The zero-order valence-corrected chi connectivity index (χ0v) is 13.9. The summed E-state index contributed by atoms with van der Waals surface area (Å²) in [5.74, 6) is 0.185. The maximum Gasteiger partial charge on any atom is 0.253 e. The van der Waals surface area contributed by atoms with E-state index in [2.05, 4.69) is 4.57 Å². The molecule has 0 spiro atoms. The first kappa shape index (κ1) is 15.5. The van der Waals surface area contributed by atoms with E-state index in [1.807, 2.05) is 49.1 Å². The Kier molecular flexibility index (Phi) is 4.07. The highest BCUT2D eigenvalue weighted by Gasteiger charge is 2.19. The minimum atomic E-state index is 0.0742. The van der Waals surface area contributed by atoms with Crippen molar-refractivity contribution in [1.82, 2.24) is 9.47 Å². The fraction of sp³-hybridized carbons (Fsp3) is 0.368. The Balaban J connectivity index is 1.91. The molecule has 1 saturated heterocycles. The second-order valence-corrected chi connectivity index (χ2v) is 6.22. The number of rotatable bonds is 3. The summed E-state index contributed by atoms with van der Waals surface area (Å²) in [4.78, 5) is 26.0. The van der Waals surface area contributed by atoms with E-state index in [0.717, 1.165) is 54.1 Å². The highest BCUT2D eigenvalue weighted by Crippen LogP contribution is 2.22. The number of carbonyl (C=O) groups is 2. The number of carbonyl (C=O) groups excluding carboxylic acids is 2. The molecule has 1 amide bonds. The number of likely N-dealkylation sites (tertiary alicyclic amines) is 1. The monoisotopic (exact) mass is 310 g/mol. The van der Waals surface area contributed by atoms with Crippen molar-refractivity contribution in [3.8, 4) is 5.69 Å². The van der Waals surface area contributed by atoms with Crippen molar-refractivity contribution in [3.05, 3.63) is 52.8 Å². The molecule has 0 unspecified atom stereocenters. The van der Waals surface area contributed by atoms with Gasteiger partial charge in [0.05, 0.1) is 0 Å². The molecule has 3 rings (SSSR count). The summed E-state index contributed by atoms with van der Waals surface area (Å²) in [5.41, 5.74) is 4.41. The molecule has 1 aliphatic heterocycles. The summed E-state index contributed by atoms with van der Waals surface area (Å²) >= 11 is 0. The predicted molar refractivity (Wildman–Crippen MR) is 90.4 cm³/mol. The Morgan fingerprint density at radius 3 is 2.13 bits per heavy atom. The Morgan fingerprint density at radius 1 is 1.00 bits per heavy atom. The number of hydrogen-bond donors (Lipinski definition) is 0. The maximum absolute atomic E-state index is 12.4. The molecule has 2 heterocycles. The number of aryl methyl sites for hydroxylation is 1. The molecule has 0 radical (unpaired) electrons. The fourth-order valence-corrected chi connectivity index (χ4v) is 3.37. The van der Waals surface area contributed by atoms with Crippen molar-refractivity contribution in [2.24, 2.45) is 0 Å². The number of aromatic nitrogens is 1. The zero-order chi connectivity index (χ0) is 16.6. The van der Waals surface area contributed by atoms with E-state index >= 15 is 0 Å². The summed E-state index contributed by atoms with van der Waals surface area (Å²) in [6.45, 7) is 7.25. The molecule has 0 atom stereocenters. The van der Waals surface area contributed by atoms with Crippen molar-refractivity contribution >= 4 is 11.7 Å². The molecule has 1 aromatic heterocycles. The summed E-state index contributed by atoms with van der Waals surface area (Å²) in [5, 5.41) is 0. The summed E-state index contributed by atoms with van der Waals surface area (Å²) in [6.07, 6.45) is 2.19. The van der Waals surface area contributed by atoms with Crippen LogP contribution in [0.5, 0.6) is 0 Å². The van der Waals surface area contributed by atoms with Gasteiger partial charge in [-0.05, 0) is 63.9 Å². The second kappa shape index (κ2) is 6.03. The third kappa shape index (κ3) is 2.81. The lowest BCUT2D eigenvalue weighted by molar-refractivity contribution is 0.0792. The van der Waals surface area contributed by atoms with Gasteiger partial charge in [0.15, 0.2) is 5.78 Å². The lowest BCUT2D eigenvalue weighted by Gasteiger charge is -2.16. The molecule has 0 N–H and O–H groups in total. The molecule has 0 saturated carbocycles. The summed E-state index contributed by atoms with van der Waals surface area (Å²) < 4.78 is 2.06. The third-order valence-electron chi connectivity index (χ3n) is 4.58. The van der Waals surface area contributed by atoms with Crippen LogP contribution in [-0.4, -0.2) is 34.2 Å². The van der Waals surface area contributed by atoms with Gasteiger partial charge in [-0.25, -0.2) is 0 Å². The van der Waals surface area contributed by atoms with Crippen LogP contribution in [0, 0.1) is 13.8 Å². The van der Waals surface area contributed by atoms with Crippen LogP contribution >= 0.6 is 0 Å². The smallest absolute Gasteiger partial charge is 0.253 e. The van der Waals surface area contributed by atoms with Gasteiger partial charge < -0.3 is 9.47 Å². The number of hydrogen-bond acceptors (Lipinski definition) is 2. The van der Waals surface area contributed by atoms with Gasteiger partial charge in [0, 0.05) is 41.3 Å². The largest absolute Gasteiger partial charge is 0.339 e. The topological polar surface area (TPSA) is 42.3 Å². The van der Waals surface area contributed by atoms with Gasteiger partial charge in [0.25, 0.3) is 5.91 Å². The zero-order valence-electron chi connectivity index (χ0n) is 13.9. The van der Waals surface area contributed by atoms with E-state index < -0.39 is 0 Å². The van der Waals surface area contributed by atoms with Gasteiger partial charge in [-0.1, -0.05) is 0 Å². The lowest BCUT2D eigenvalue weighted by atomic mass is 10.1. The first-order valence-corrected chi connectivity index (χ1v) is 8.08. The average molecular weight is 310 g/mol. The Hall–Kier alpha value is -2.36. The van der Waals surface area contributed by atoms with E-state index in [0.29, 0.717) is 0 Å². The maximum atomic E-state index is 12.4. The second-order valence-electron chi connectivity index (χ2n) is 6.22. The van der Waals surface area contributed by atoms with Gasteiger partial charge in [0.1, 0.15) is 0 Å². The predicted octanol–water partition coefficient (Wildman–Crippen LogP) is 3.53. The van der Waals surface area contributed by atoms with Gasteiger partial charge in [-0.3, -0.25) is 9.59 Å². The number of nitrogens with zero attached hydrogens (tertiary/aromatic N) is 2. The van der Waals surface area contributed by atoms with Crippen LogP contribution in [-0.2, 0) is 0 Å². The minimum absolute atomic E-state index is 0.0742. The average Bonchev–Trinajstić information content (AvgIpc) is 3.15. The molecule has 0 aliphatic carbocycles. The lowest BCUT2D eigenvalue weighted by Crippen LogP contribution is -2.27. The van der Waals surface area contributed by atoms with Crippen molar-refractivity contribution in [3.63, 3.8) is 0 Å². The fourth-order valence-electron chi connectivity index (χ4n) is 3.37. The van der Waals surface area contributed by atoms with Gasteiger partial charge in [0.2, 0.25) is 0 Å². The van der Waals surface area contributed by atoms with Crippen LogP contribution in [0.25, 0.3) is 5.69 Å². The third-order valence-corrected chi connectivity index (χ3v) is 4.58. The molecule has 1 fully saturated rings. The Morgan fingerprint density at radius 2 is 1.61 bits per heavy atom. The van der Waals surface area contributed by atoms with E-state index in [9.17, 15) is 9.59 Å². The first-order valence-electron chi connectivity index (χ1n) is 8.08. The molecule has 0 bridgehead atoms. The quantitative estimate of drug-likeness (QED) is 0.814. The van der Waals surface area contributed by atoms with Crippen LogP contribution in [0.4, 0.5) is 0 Å². The highest BCUT2D eigenvalue weighted by atomic mass is 16.2. The summed E-state index contributed by atoms with van der Waals surface area (Å²) in [7, 11) is 0. The van der Waals surface area contributed by atoms with Crippen LogP contribution in [0.3, 0.4) is 0 Å². The van der Waals surface area contributed by atoms with Gasteiger partial charge >= 0.3 is 0 Å². The summed E-state index contributed by atoms with van der Waals surface area (Å²) in [6, 6.07) is 9.58. The standard InChI is InChI=1S/C19H22N2O2/c1-13-12-18(15(3)22)14(2)21(13)17-8-6-16(7-9-17)19(23)20-10-4-5-11-20/h6-9,12H,4-5,10-11H2,1-3H3. The van der Waals surface area contributed by atoms with Crippen LogP contribution < -0.4 is 0 Å². The van der Waals surface area contributed by atoms with E-state index in [4.69, 9.17) is 0 Å². The van der Waals surface area contributed by atoms with Crippen molar-refractivity contribution in [2.45, 2.75) is 33.6 Å². The molecular weight excluding hydrogens is 288 g/mol. The van der Waals surface area contributed by atoms with Gasteiger partial charge in [-0.2, -0.15) is 0 Å². The number of amides is 1.